The van der Waals surface area contributed by atoms with Gasteiger partial charge in [-0.2, -0.15) is 0 Å². The minimum atomic E-state index is -0.340. The Labute approximate surface area is 153 Å². The van der Waals surface area contributed by atoms with E-state index in [9.17, 15) is 14.7 Å². The second-order valence-corrected chi connectivity index (χ2v) is 10.5. The molecule has 0 aromatic heterocycles. The summed E-state index contributed by atoms with van der Waals surface area (Å²) in [5.41, 5.74) is 0.0935. The summed E-state index contributed by atoms with van der Waals surface area (Å²) in [6, 6.07) is 0. The Morgan fingerprint density at radius 3 is 2.48 bits per heavy atom. The first-order chi connectivity index (χ1) is 11.5. The number of Topliss-reactive ketones (excluding diaryl/α,β-unsaturated/α-hetero) is 2. The average Bonchev–Trinajstić information content (AvgIpc) is 2.43. The smallest absolute Gasteiger partial charge is 0.136 e. The van der Waals surface area contributed by atoms with Gasteiger partial charge in [0.25, 0.3) is 0 Å². The molecule has 0 spiro atoms. The van der Waals surface area contributed by atoms with Gasteiger partial charge >= 0.3 is 0 Å². The highest BCUT2D eigenvalue weighted by atomic mass is 16.3. The van der Waals surface area contributed by atoms with Gasteiger partial charge in [0, 0.05) is 18.8 Å². The Hall–Kier alpha value is -0.700. The molecule has 6 atom stereocenters. The van der Waals surface area contributed by atoms with Crippen molar-refractivity contribution < 1.29 is 14.7 Å². The van der Waals surface area contributed by atoms with Gasteiger partial charge in [0.2, 0.25) is 0 Å². The van der Waals surface area contributed by atoms with Gasteiger partial charge in [0.05, 0.1) is 6.10 Å². The normalized spacial score (nSPS) is 46.2. The van der Waals surface area contributed by atoms with E-state index in [1.165, 1.54) is 12.8 Å². The lowest BCUT2D eigenvalue weighted by molar-refractivity contribution is -0.209. The largest absolute Gasteiger partial charge is 0.393 e. The van der Waals surface area contributed by atoms with Crippen molar-refractivity contribution in [2.45, 2.75) is 92.1 Å². The third-order valence-electron chi connectivity index (χ3n) is 8.36. The highest BCUT2D eigenvalue weighted by Gasteiger charge is 2.64. The first-order valence-electron chi connectivity index (χ1n) is 10.2. The second-order valence-electron chi connectivity index (χ2n) is 10.5. The van der Waals surface area contributed by atoms with Gasteiger partial charge < -0.3 is 9.90 Å². The molecule has 0 aromatic rings. The zero-order valence-corrected chi connectivity index (χ0v) is 16.7. The van der Waals surface area contributed by atoms with Gasteiger partial charge in [0.1, 0.15) is 11.6 Å². The van der Waals surface area contributed by atoms with Crippen molar-refractivity contribution >= 4 is 11.6 Å². The summed E-state index contributed by atoms with van der Waals surface area (Å²) in [6.07, 6.45) is 6.70. The Bertz CT molecular complexity index is 566. The Morgan fingerprint density at radius 1 is 1.16 bits per heavy atom. The number of hydrogen-bond acceptors (Lipinski definition) is 3. The van der Waals surface area contributed by atoms with E-state index in [4.69, 9.17) is 0 Å². The number of rotatable bonds is 3. The molecule has 0 saturated heterocycles. The lowest BCUT2D eigenvalue weighted by Crippen LogP contribution is -2.63. The van der Waals surface area contributed by atoms with Crippen molar-refractivity contribution in [3.63, 3.8) is 0 Å². The molecule has 0 heterocycles. The first-order valence-corrected chi connectivity index (χ1v) is 10.2. The maximum absolute atomic E-state index is 12.8. The lowest BCUT2D eigenvalue weighted by atomic mass is 9.38. The second kappa shape index (κ2) is 6.18. The van der Waals surface area contributed by atoms with Crippen LogP contribution >= 0.6 is 0 Å². The van der Waals surface area contributed by atoms with Crippen molar-refractivity contribution in [2.75, 3.05) is 0 Å². The van der Waals surface area contributed by atoms with Crippen LogP contribution in [0, 0.1) is 34.0 Å². The minimum absolute atomic E-state index is 0.0624. The van der Waals surface area contributed by atoms with Gasteiger partial charge in [-0.05, 0) is 67.1 Å². The van der Waals surface area contributed by atoms with E-state index in [0.717, 1.165) is 19.3 Å². The van der Waals surface area contributed by atoms with Crippen molar-refractivity contribution in [2.24, 2.45) is 34.0 Å². The number of ketones is 2. The summed E-state index contributed by atoms with van der Waals surface area (Å²) in [5.74, 6) is 1.21. The van der Waals surface area contributed by atoms with Crippen LogP contribution in [0.1, 0.15) is 86.0 Å². The van der Waals surface area contributed by atoms with E-state index in [2.05, 4.69) is 27.7 Å². The topological polar surface area (TPSA) is 54.4 Å². The van der Waals surface area contributed by atoms with Crippen LogP contribution in [0.15, 0.2) is 0 Å². The van der Waals surface area contributed by atoms with E-state index in [1.807, 2.05) is 0 Å². The first kappa shape index (κ1) is 19.1. The van der Waals surface area contributed by atoms with Crippen molar-refractivity contribution in [1.82, 2.24) is 0 Å². The molecule has 142 valence electrons. The van der Waals surface area contributed by atoms with Gasteiger partial charge in [-0.1, -0.05) is 34.1 Å². The third-order valence-corrected chi connectivity index (χ3v) is 8.36. The summed E-state index contributed by atoms with van der Waals surface area (Å²) < 4.78 is 0. The van der Waals surface area contributed by atoms with Gasteiger partial charge in [0.15, 0.2) is 0 Å². The van der Waals surface area contributed by atoms with E-state index in [1.54, 1.807) is 6.92 Å². The molecule has 0 radical (unpaired) electrons. The van der Waals surface area contributed by atoms with E-state index in [-0.39, 0.29) is 34.1 Å². The third kappa shape index (κ3) is 2.91. The van der Waals surface area contributed by atoms with Crippen LogP contribution < -0.4 is 0 Å². The molecule has 3 heteroatoms. The number of carbonyl (C=O) groups excluding carboxylic acids is 2. The van der Waals surface area contributed by atoms with Crippen LogP contribution in [0.3, 0.4) is 0 Å². The van der Waals surface area contributed by atoms with Crippen LogP contribution in [0.4, 0.5) is 0 Å². The van der Waals surface area contributed by atoms with Crippen LogP contribution in [-0.2, 0) is 9.59 Å². The quantitative estimate of drug-likeness (QED) is 0.814. The monoisotopic (exact) mass is 348 g/mol. The van der Waals surface area contributed by atoms with E-state index < -0.39 is 0 Å². The fourth-order valence-corrected chi connectivity index (χ4v) is 7.66. The van der Waals surface area contributed by atoms with Crippen LogP contribution in [0.25, 0.3) is 0 Å². The van der Waals surface area contributed by atoms with Crippen molar-refractivity contribution in [3.8, 4) is 0 Å². The van der Waals surface area contributed by atoms with Gasteiger partial charge in [-0.25, -0.2) is 0 Å². The molecule has 0 aromatic carbocycles. The summed E-state index contributed by atoms with van der Waals surface area (Å²) in [6.45, 7) is 10.9. The number of aliphatic hydroxyl groups excluding tert-OH is 1. The molecule has 3 aliphatic carbocycles. The Kier molecular flexibility index (Phi) is 4.71. The molecule has 3 aliphatic rings. The van der Waals surface area contributed by atoms with Crippen LogP contribution in [0.2, 0.25) is 0 Å². The fourth-order valence-electron chi connectivity index (χ4n) is 7.66. The number of aliphatic hydroxyl groups is 1. The van der Waals surface area contributed by atoms with Gasteiger partial charge in [-0.3, -0.25) is 4.79 Å². The van der Waals surface area contributed by atoms with E-state index in [0.29, 0.717) is 36.9 Å². The molecular formula is C22H36O3. The maximum atomic E-state index is 12.8. The zero-order chi connectivity index (χ0) is 18.6. The summed E-state index contributed by atoms with van der Waals surface area (Å²) in [7, 11) is 0. The molecule has 3 fully saturated rings. The number of fused-ring (bicyclic) bond motifs is 3. The summed E-state index contributed by atoms with van der Waals surface area (Å²) in [5, 5.41) is 11.2. The highest BCUT2D eigenvalue weighted by molar-refractivity contribution is 5.84. The lowest BCUT2D eigenvalue weighted by Gasteiger charge is -2.66. The Morgan fingerprint density at radius 2 is 1.84 bits per heavy atom. The Balaban J connectivity index is 1.99. The molecule has 0 aliphatic heterocycles. The molecule has 1 N–H and O–H groups in total. The summed E-state index contributed by atoms with van der Waals surface area (Å²) >= 11 is 0. The average molecular weight is 349 g/mol. The van der Waals surface area contributed by atoms with Crippen molar-refractivity contribution in [3.05, 3.63) is 0 Å². The molecular weight excluding hydrogens is 312 g/mol. The zero-order valence-electron chi connectivity index (χ0n) is 16.7. The fraction of sp³-hybridized carbons (Fsp3) is 0.909. The highest BCUT2D eigenvalue weighted by Crippen LogP contribution is 2.68. The number of carbonyl (C=O) groups is 2. The predicted octanol–water partition coefficient (Wildman–Crippen LogP) is 4.55. The predicted molar refractivity (Wildman–Crippen MR) is 99.1 cm³/mol. The molecule has 3 saturated carbocycles. The van der Waals surface area contributed by atoms with Gasteiger partial charge in [-0.15, -0.1) is 0 Å². The molecule has 0 bridgehead atoms. The SMILES string of the molecule is CC(=O)CC[C@@H]1C(=O)CCC2[C@@]3(C)CCCC(C)(C)C3[C@@H](O)C[C@]21C. The molecule has 25 heavy (non-hydrogen) atoms. The van der Waals surface area contributed by atoms with Crippen molar-refractivity contribution in [1.29, 1.82) is 0 Å². The van der Waals surface area contributed by atoms with Crippen LogP contribution in [-0.4, -0.2) is 22.8 Å². The molecule has 0 amide bonds. The minimum Gasteiger partial charge on any atom is -0.393 e. The molecule has 3 nitrogen and oxygen atoms in total. The standard InChI is InChI=1S/C22H36O3/c1-14(23)7-8-15-16(24)9-10-18-21(4)12-6-11-20(2,3)19(21)17(25)13-22(15,18)5/h15,17-19,25H,6-13H2,1-5H3/t15-,17+,18?,19?,21-,22+/m1/s1. The molecule has 3 rings (SSSR count). The molecule has 2 unspecified atom stereocenters. The maximum Gasteiger partial charge on any atom is 0.136 e. The van der Waals surface area contributed by atoms with E-state index >= 15 is 0 Å². The summed E-state index contributed by atoms with van der Waals surface area (Å²) in [4.78, 5) is 24.3. The number of hydrogen-bond donors (Lipinski definition) is 1. The van der Waals surface area contributed by atoms with Crippen LogP contribution in [0.5, 0.6) is 0 Å².